The van der Waals surface area contributed by atoms with Crippen molar-refractivity contribution in [3.05, 3.63) is 42.0 Å². The molecule has 27 heavy (non-hydrogen) atoms. The van der Waals surface area contributed by atoms with Gasteiger partial charge in [-0.05, 0) is 76.8 Å². The molecule has 0 aliphatic carbocycles. The van der Waals surface area contributed by atoms with Gasteiger partial charge in [0.2, 0.25) is 6.79 Å². The molecule has 0 bridgehead atoms. The minimum atomic E-state index is -0.765. The van der Waals surface area contributed by atoms with Crippen molar-refractivity contribution in [3.63, 3.8) is 0 Å². The number of carbonyl (C=O) groups is 1. The quantitative estimate of drug-likeness (QED) is 0.692. The molecule has 2 aliphatic heterocycles. The van der Waals surface area contributed by atoms with Crippen LogP contribution in [0.3, 0.4) is 0 Å². The Hall–Kier alpha value is -2.99. The van der Waals surface area contributed by atoms with Crippen LogP contribution in [0.4, 0.5) is 0 Å². The number of aromatic hydroxyl groups is 1. The number of nitrogens with zero attached hydrogens (tertiary/aromatic N) is 1. The standard InChI is InChI=1S/C21H19NO5/c23-14-3-4-15-13(10-22-5-1-2-18(22)21(24)25)6-12-7-19-20(27-11-26-19)9-16(12)17(15)8-14/h3-4,6-9,18,23H,1-2,5,10-11H2,(H,24,25)/t18-/m1/s1. The van der Waals surface area contributed by atoms with E-state index in [2.05, 4.69) is 6.07 Å². The second-order valence-corrected chi connectivity index (χ2v) is 7.16. The van der Waals surface area contributed by atoms with Gasteiger partial charge in [-0.1, -0.05) is 6.07 Å². The molecule has 1 fully saturated rings. The Balaban J connectivity index is 1.69. The highest BCUT2D eigenvalue weighted by molar-refractivity contribution is 6.10. The summed E-state index contributed by atoms with van der Waals surface area (Å²) in [7, 11) is 0. The third-order valence-electron chi connectivity index (χ3n) is 5.54. The average molecular weight is 365 g/mol. The first kappa shape index (κ1) is 16.2. The summed E-state index contributed by atoms with van der Waals surface area (Å²) < 4.78 is 11.0. The first-order chi connectivity index (χ1) is 13.1. The van der Waals surface area contributed by atoms with Crippen molar-refractivity contribution in [1.82, 2.24) is 4.90 Å². The normalized spacial score (nSPS) is 19.2. The third-order valence-corrected chi connectivity index (χ3v) is 5.54. The molecule has 3 aromatic carbocycles. The number of fused-ring (bicyclic) bond motifs is 4. The lowest BCUT2D eigenvalue weighted by atomic mass is 9.96. The fraction of sp³-hybridized carbons (Fsp3) is 0.286. The van der Waals surface area contributed by atoms with Crippen LogP contribution in [0, 0.1) is 0 Å². The van der Waals surface area contributed by atoms with Gasteiger partial charge in [-0.25, -0.2) is 0 Å². The van der Waals surface area contributed by atoms with Crippen LogP contribution in [-0.4, -0.2) is 40.5 Å². The number of phenols is 1. The number of phenolic OH excluding ortho intramolecular Hbond substituents is 1. The first-order valence-corrected chi connectivity index (χ1v) is 9.05. The van der Waals surface area contributed by atoms with E-state index in [0.717, 1.165) is 40.1 Å². The van der Waals surface area contributed by atoms with Gasteiger partial charge in [0, 0.05) is 6.54 Å². The van der Waals surface area contributed by atoms with Crippen molar-refractivity contribution < 1.29 is 24.5 Å². The summed E-state index contributed by atoms with van der Waals surface area (Å²) in [6.07, 6.45) is 1.57. The van der Waals surface area contributed by atoms with Crippen LogP contribution >= 0.6 is 0 Å². The van der Waals surface area contributed by atoms with Crippen LogP contribution < -0.4 is 9.47 Å². The summed E-state index contributed by atoms with van der Waals surface area (Å²) in [4.78, 5) is 13.6. The van der Waals surface area contributed by atoms with Crippen LogP contribution in [0.5, 0.6) is 17.2 Å². The molecule has 1 saturated heterocycles. The highest BCUT2D eigenvalue weighted by Gasteiger charge is 2.30. The molecule has 0 spiro atoms. The molecule has 6 heteroatoms. The lowest BCUT2D eigenvalue weighted by Crippen LogP contribution is -2.35. The summed E-state index contributed by atoms with van der Waals surface area (Å²) in [5.74, 6) is 0.838. The number of carboxylic acids is 1. The molecule has 0 saturated carbocycles. The highest BCUT2D eigenvalue weighted by atomic mass is 16.7. The third kappa shape index (κ3) is 2.64. The van der Waals surface area contributed by atoms with E-state index >= 15 is 0 Å². The summed E-state index contributed by atoms with van der Waals surface area (Å²) in [6.45, 7) is 1.54. The lowest BCUT2D eigenvalue weighted by molar-refractivity contribution is -0.142. The summed E-state index contributed by atoms with van der Waals surface area (Å²) in [5, 5.41) is 23.4. The van der Waals surface area contributed by atoms with Gasteiger partial charge in [0.05, 0.1) is 0 Å². The fourth-order valence-corrected chi connectivity index (χ4v) is 4.26. The van der Waals surface area contributed by atoms with E-state index in [4.69, 9.17) is 9.47 Å². The van der Waals surface area contributed by atoms with Gasteiger partial charge in [-0.15, -0.1) is 0 Å². The Morgan fingerprint density at radius 3 is 2.70 bits per heavy atom. The van der Waals surface area contributed by atoms with Gasteiger partial charge in [0.15, 0.2) is 11.5 Å². The number of ether oxygens (including phenoxy) is 2. The van der Waals surface area contributed by atoms with Gasteiger partial charge >= 0.3 is 5.97 Å². The maximum absolute atomic E-state index is 11.5. The molecule has 5 rings (SSSR count). The maximum atomic E-state index is 11.5. The highest BCUT2D eigenvalue weighted by Crippen LogP contribution is 2.40. The second kappa shape index (κ2) is 6.03. The number of hydrogen-bond acceptors (Lipinski definition) is 5. The molecule has 138 valence electrons. The van der Waals surface area contributed by atoms with Crippen molar-refractivity contribution in [1.29, 1.82) is 0 Å². The predicted octanol–water partition coefficient (Wildman–Crippen LogP) is 3.48. The average Bonchev–Trinajstić information content (AvgIpc) is 3.28. The monoisotopic (exact) mass is 365 g/mol. The molecule has 0 radical (unpaired) electrons. The summed E-state index contributed by atoms with van der Waals surface area (Å²) in [6, 6.07) is 10.9. The Morgan fingerprint density at radius 2 is 1.89 bits per heavy atom. The molecule has 0 unspecified atom stereocenters. The summed E-state index contributed by atoms with van der Waals surface area (Å²) in [5.41, 5.74) is 1.05. The Bertz CT molecular complexity index is 1080. The number of likely N-dealkylation sites (tertiary alicyclic amines) is 1. The zero-order valence-corrected chi connectivity index (χ0v) is 14.6. The van der Waals surface area contributed by atoms with E-state index in [9.17, 15) is 15.0 Å². The topological polar surface area (TPSA) is 79.2 Å². The largest absolute Gasteiger partial charge is 0.508 e. The van der Waals surface area contributed by atoms with Gasteiger partial charge in [-0.2, -0.15) is 0 Å². The van der Waals surface area contributed by atoms with Crippen LogP contribution in [0.2, 0.25) is 0 Å². The smallest absolute Gasteiger partial charge is 0.320 e. The van der Waals surface area contributed by atoms with Crippen molar-refractivity contribution in [2.45, 2.75) is 25.4 Å². The van der Waals surface area contributed by atoms with Crippen LogP contribution in [0.25, 0.3) is 21.5 Å². The van der Waals surface area contributed by atoms with Crippen molar-refractivity contribution in [2.24, 2.45) is 0 Å². The Labute approximate surface area is 155 Å². The minimum Gasteiger partial charge on any atom is -0.508 e. The number of carboxylic acid groups (broad SMARTS) is 1. The first-order valence-electron chi connectivity index (χ1n) is 9.05. The number of hydrogen-bond donors (Lipinski definition) is 2. The molecule has 6 nitrogen and oxygen atoms in total. The van der Waals surface area contributed by atoms with E-state index in [-0.39, 0.29) is 12.5 Å². The molecular weight excluding hydrogens is 346 g/mol. The van der Waals surface area contributed by atoms with Gasteiger partial charge in [0.1, 0.15) is 11.8 Å². The van der Waals surface area contributed by atoms with Crippen LogP contribution in [0.1, 0.15) is 18.4 Å². The SMILES string of the molecule is O=C(O)[C@H]1CCCN1Cc1cc2cc3c(cc2c2cc(O)ccc12)OCO3. The van der Waals surface area contributed by atoms with Crippen LogP contribution in [0.15, 0.2) is 36.4 Å². The van der Waals surface area contributed by atoms with Gasteiger partial charge < -0.3 is 19.7 Å². The number of rotatable bonds is 3. The second-order valence-electron chi connectivity index (χ2n) is 7.16. The van der Waals surface area contributed by atoms with E-state index in [1.165, 1.54) is 0 Å². The van der Waals surface area contributed by atoms with E-state index in [1.807, 2.05) is 23.1 Å². The van der Waals surface area contributed by atoms with Crippen molar-refractivity contribution in [3.8, 4) is 17.2 Å². The van der Waals surface area contributed by atoms with E-state index in [0.29, 0.717) is 24.5 Å². The zero-order valence-electron chi connectivity index (χ0n) is 14.6. The van der Waals surface area contributed by atoms with Gasteiger partial charge in [-0.3, -0.25) is 9.69 Å². The molecule has 2 aliphatic rings. The van der Waals surface area contributed by atoms with E-state index in [1.54, 1.807) is 12.1 Å². The Morgan fingerprint density at radius 1 is 1.07 bits per heavy atom. The van der Waals surface area contributed by atoms with Crippen molar-refractivity contribution >= 4 is 27.5 Å². The fourth-order valence-electron chi connectivity index (χ4n) is 4.26. The zero-order chi connectivity index (χ0) is 18.5. The van der Waals surface area contributed by atoms with Gasteiger partial charge in [0.25, 0.3) is 0 Å². The molecule has 1 atom stereocenters. The molecule has 2 N–H and O–H groups in total. The molecule has 3 aromatic rings. The van der Waals surface area contributed by atoms with Crippen molar-refractivity contribution in [2.75, 3.05) is 13.3 Å². The number of aliphatic carboxylic acids is 1. The molecule has 0 amide bonds. The predicted molar refractivity (Wildman–Crippen MR) is 100 cm³/mol. The molecule has 2 heterocycles. The molecular formula is C21H19NO5. The lowest BCUT2D eigenvalue weighted by Gasteiger charge is -2.22. The Kier molecular flexibility index (Phi) is 3.62. The van der Waals surface area contributed by atoms with Crippen LogP contribution in [-0.2, 0) is 11.3 Å². The summed E-state index contributed by atoms with van der Waals surface area (Å²) >= 11 is 0. The minimum absolute atomic E-state index is 0.197. The maximum Gasteiger partial charge on any atom is 0.320 e. The van der Waals surface area contributed by atoms with E-state index < -0.39 is 12.0 Å². The number of benzene rings is 3. The molecule has 0 aromatic heterocycles.